The Hall–Kier alpha value is -3.13. The summed E-state index contributed by atoms with van der Waals surface area (Å²) in [5, 5.41) is 19.5. The molecule has 7 heteroatoms. The molecular formula is C25H29N3O4. The summed E-state index contributed by atoms with van der Waals surface area (Å²) in [6.07, 6.45) is 5.82. The summed E-state index contributed by atoms with van der Waals surface area (Å²) in [6.45, 7) is 1.58. The predicted molar refractivity (Wildman–Crippen MR) is 124 cm³/mol. The minimum absolute atomic E-state index is 0.118. The number of methoxy groups -OCH3 is 1. The van der Waals surface area contributed by atoms with Gasteiger partial charge in [-0.1, -0.05) is 18.2 Å². The standard InChI is InChI=1S/C25H29N3O4/c1-32-21-6-4-19-15-20(26-23(19)16-21)10-11-28(12-13-29)24-8-5-18-14-17(2-7-22(18)24)3-9-25(30)27-31/h2-4,6-7,9,14-16,24,26,29,31H,5,8,10-13H2,1H3,(H,27,30). The Morgan fingerprint density at radius 1 is 1.25 bits per heavy atom. The molecule has 7 nitrogen and oxygen atoms in total. The number of rotatable bonds is 9. The number of carbonyl (C=O) groups excluding carboxylic acids is 1. The highest BCUT2D eigenvalue weighted by Crippen LogP contribution is 2.36. The van der Waals surface area contributed by atoms with E-state index in [1.54, 1.807) is 18.7 Å². The number of hydroxylamine groups is 1. The topological polar surface area (TPSA) is 97.8 Å². The monoisotopic (exact) mass is 435 g/mol. The highest BCUT2D eigenvalue weighted by Gasteiger charge is 2.27. The fourth-order valence-corrected chi connectivity index (χ4v) is 4.55. The number of aromatic nitrogens is 1. The number of aromatic amines is 1. The maximum atomic E-state index is 11.2. The molecule has 1 heterocycles. The summed E-state index contributed by atoms with van der Waals surface area (Å²) >= 11 is 0. The van der Waals surface area contributed by atoms with E-state index in [2.05, 4.69) is 34.1 Å². The molecule has 0 bridgehead atoms. The number of aliphatic hydroxyl groups excluding tert-OH is 1. The summed E-state index contributed by atoms with van der Waals surface area (Å²) in [4.78, 5) is 17.1. The number of ether oxygens (including phenoxy) is 1. The van der Waals surface area contributed by atoms with Gasteiger partial charge in [0.2, 0.25) is 0 Å². The fourth-order valence-electron chi connectivity index (χ4n) is 4.55. The van der Waals surface area contributed by atoms with Crippen LogP contribution in [0.25, 0.3) is 17.0 Å². The maximum absolute atomic E-state index is 11.2. The fraction of sp³-hybridized carbons (Fsp3) is 0.320. The Kier molecular flexibility index (Phi) is 6.90. The van der Waals surface area contributed by atoms with Gasteiger partial charge in [0.05, 0.1) is 13.7 Å². The van der Waals surface area contributed by atoms with Gasteiger partial charge in [0, 0.05) is 48.9 Å². The third kappa shape index (κ3) is 4.85. The molecule has 1 aliphatic carbocycles. The first-order valence-corrected chi connectivity index (χ1v) is 10.9. The molecule has 2 aromatic carbocycles. The van der Waals surface area contributed by atoms with Crippen LogP contribution >= 0.6 is 0 Å². The second-order valence-electron chi connectivity index (χ2n) is 8.08. The molecule has 0 radical (unpaired) electrons. The van der Waals surface area contributed by atoms with Crippen LogP contribution in [-0.4, -0.2) is 52.9 Å². The van der Waals surface area contributed by atoms with Gasteiger partial charge in [0.15, 0.2) is 0 Å². The molecule has 1 atom stereocenters. The van der Waals surface area contributed by atoms with Crippen LogP contribution in [0.5, 0.6) is 5.75 Å². The van der Waals surface area contributed by atoms with Gasteiger partial charge in [-0.2, -0.15) is 0 Å². The number of nitrogens with one attached hydrogen (secondary N) is 2. The molecule has 0 fully saturated rings. The van der Waals surface area contributed by atoms with Crippen molar-refractivity contribution in [3.8, 4) is 5.75 Å². The minimum Gasteiger partial charge on any atom is -0.497 e. The van der Waals surface area contributed by atoms with Gasteiger partial charge < -0.3 is 14.8 Å². The van der Waals surface area contributed by atoms with Crippen molar-refractivity contribution in [1.29, 1.82) is 0 Å². The Morgan fingerprint density at radius 3 is 2.91 bits per heavy atom. The number of aryl methyl sites for hydroxylation is 1. The summed E-state index contributed by atoms with van der Waals surface area (Å²) in [7, 11) is 1.67. The molecule has 4 N–H and O–H groups in total. The average Bonchev–Trinajstić information content (AvgIpc) is 3.42. The van der Waals surface area contributed by atoms with E-state index in [0.717, 1.165) is 53.7 Å². The third-order valence-electron chi connectivity index (χ3n) is 6.13. The molecule has 32 heavy (non-hydrogen) atoms. The molecule has 1 unspecified atom stereocenters. The van der Waals surface area contributed by atoms with Gasteiger partial charge >= 0.3 is 0 Å². The third-order valence-corrected chi connectivity index (χ3v) is 6.13. The van der Waals surface area contributed by atoms with Crippen molar-refractivity contribution in [1.82, 2.24) is 15.4 Å². The van der Waals surface area contributed by atoms with Crippen LogP contribution in [0.2, 0.25) is 0 Å². The van der Waals surface area contributed by atoms with E-state index >= 15 is 0 Å². The largest absolute Gasteiger partial charge is 0.497 e. The molecule has 1 aromatic heterocycles. The smallest absolute Gasteiger partial charge is 0.267 e. The SMILES string of the molecule is COc1ccc2cc(CCN(CCO)C3CCc4cc(C=CC(=O)NO)ccc43)[nH]c2c1. The van der Waals surface area contributed by atoms with E-state index in [-0.39, 0.29) is 12.6 Å². The van der Waals surface area contributed by atoms with Crippen molar-refractivity contribution in [2.24, 2.45) is 0 Å². The number of nitrogens with zero attached hydrogens (tertiary/aromatic N) is 1. The van der Waals surface area contributed by atoms with Crippen LogP contribution in [-0.2, 0) is 17.6 Å². The number of hydrogen-bond acceptors (Lipinski definition) is 5. The van der Waals surface area contributed by atoms with E-state index in [4.69, 9.17) is 9.94 Å². The first-order valence-electron chi connectivity index (χ1n) is 10.9. The molecule has 0 aliphatic heterocycles. The van der Waals surface area contributed by atoms with E-state index in [9.17, 15) is 9.90 Å². The van der Waals surface area contributed by atoms with E-state index in [1.165, 1.54) is 17.2 Å². The van der Waals surface area contributed by atoms with Crippen molar-refractivity contribution < 1.29 is 19.8 Å². The van der Waals surface area contributed by atoms with Crippen molar-refractivity contribution >= 4 is 22.9 Å². The minimum atomic E-state index is -0.548. The van der Waals surface area contributed by atoms with Gasteiger partial charge in [-0.15, -0.1) is 0 Å². The van der Waals surface area contributed by atoms with Crippen LogP contribution in [0.3, 0.4) is 0 Å². The van der Waals surface area contributed by atoms with Gasteiger partial charge in [-0.25, -0.2) is 5.48 Å². The van der Waals surface area contributed by atoms with E-state index in [1.807, 2.05) is 18.2 Å². The lowest BCUT2D eigenvalue weighted by molar-refractivity contribution is -0.124. The lowest BCUT2D eigenvalue weighted by atomic mass is 10.0. The van der Waals surface area contributed by atoms with Crippen molar-refractivity contribution in [2.75, 3.05) is 26.8 Å². The summed E-state index contributed by atoms with van der Waals surface area (Å²) in [6, 6.07) is 14.7. The number of carbonyl (C=O) groups is 1. The first kappa shape index (κ1) is 22.1. The van der Waals surface area contributed by atoms with E-state index < -0.39 is 5.91 Å². The van der Waals surface area contributed by atoms with E-state index in [0.29, 0.717) is 6.54 Å². The number of benzene rings is 2. The van der Waals surface area contributed by atoms with Crippen molar-refractivity contribution in [3.05, 3.63) is 70.9 Å². The highest BCUT2D eigenvalue weighted by molar-refractivity contribution is 5.90. The Balaban J connectivity index is 1.47. The highest BCUT2D eigenvalue weighted by atomic mass is 16.5. The molecule has 1 amide bonds. The first-order chi connectivity index (χ1) is 15.6. The Morgan fingerprint density at radius 2 is 2.12 bits per heavy atom. The van der Waals surface area contributed by atoms with Gasteiger partial charge in [0.25, 0.3) is 5.91 Å². The zero-order valence-corrected chi connectivity index (χ0v) is 18.2. The maximum Gasteiger partial charge on any atom is 0.267 e. The number of hydrogen-bond donors (Lipinski definition) is 4. The van der Waals surface area contributed by atoms with Crippen LogP contribution in [0.15, 0.2) is 48.5 Å². The molecule has 0 saturated carbocycles. The number of aliphatic hydroxyl groups is 1. The molecule has 1 aliphatic rings. The molecule has 0 saturated heterocycles. The molecule has 168 valence electrons. The van der Waals surface area contributed by atoms with Crippen LogP contribution in [0.1, 0.15) is 34.8 Å². The average molecular weight is 436 g/mol. The second-order valence-corrected chi connectivity index (χ2v) is 8.08. The van der Waals surface area contributed by atoms with Crippen LogP contribution in [0, 0.1) is 0 Å². The lowest BCUT2D eigenvalue weighted by Gasteiger charge is -2.29. The molecule has 3 aromatic rings. The van der Waals surface area contributed by atoms with Crippen molar-refractivity contribution in [2.45, 2.75) is 25.3 Å². The van der Waals surface area contributed by atoms with Crippen molar-refractivity contribution in [3.63, 3.8) is 0 Å². The molecule has 0 spiro atoms. The van der Waals surface area contributed by atoms with Gasteiger partial charge in [-0.05, 0) is 59.2 Å². The predicted octanol–water partition coefficient (Wildman–Crippen LogP) is 3.22. The normalized spacial score (nSPS) is 15.6. The number of fused-ring (bicyclic) bond motifs is 2. The number of amides is 1. The summed E-state index contributed by atoms with van der Waals surface area (Å²) in [5.74, 6) is 0.287. The molecular weight excluding hydrogens is 406 g/mol. The lowest BCUT2D eigenvalue weighted by Crippen LogP contribution is -2.32. The van der Waals surface area contributed by atoms with Crippen LogP contribution < -0.4 is 10.2 Å². The Bertz CT molecular complexity index is 1120. The summed E-state index contributed by atoms with van der Waals surface area (Å²) < 4.78 is 5.31. The Labute approximate surface area is 187 Å². The van der Waals surface area contributed by atoms with Gasteiger partial charge in [-0.3, -0.25) is 14.9 Å². The quantitative estimate of drug-likeness (QED) is 0.235. The van der Waals surface area contributed by atoms with Crippen LogP contribution in [0.4, 0.5) is 0 Å². The molecule has 4 rings (SSSR count). The zero-order valence-electron chi connectivity index (χ0n) is 18.2. The number of H-pyrrole nitrogens is 1. The summed E-state index contributed by atoms with van der Waals surface area (Å²) in [5.41, 5.74) is 7.30. The zero-order chi connectivity index (χ0) is 22.5. The second kappa shape index (κ2) is 9.99. The van der Waals surface area contributed by atoms with Gasteiger partial charge in [0.1, 0.15) is 5.75 Å².